The van der Waals surface area contributed by atoms with Gasteiger partial charge in [0, 0.05) is 0 Å². The maximum absolute atomic E-state index is 12.3. The van der Waals surface area contributed by atoms with E-state index in [4.69, 9.17) is 18.0 Å². The number of anilines is 1. The topological polar surface area (TPSA) is 102 Å². The van der Waals surface area contributed by atoms with Gasteiger partial charge in [-0.3, -0.25) is 10.1 Å². The molecule has 0 unspecified atom stereocenters. The Kier molecular flexibility index (Phi) is 4.68. The van der Waals surface area contributed by atoms with E-state index in [0.717, 1.165) is 0 Å². The van der Waals surface area contributed by atoms with Crippen LogP contribution in [0.4, 0.5) is 5.88 Å². The predicted molar refractivity (Wildman–Crippen MR) is 99.4 cm³/mol. The molecule has 0 aliphatic carbocycles. The average Bonchev–Trinajstić information content (AvgIpc) is 3.47. The van der Waals surface area contributed by atoms with Crippen LogP contribution in [0.25, 0.3) is 22.8 Å². The van der Waals surface area contributed by atoms with E-state index in [1.807, 2.05) is 6.07 Å². The molecule has 4 aromatic rings. The summed E-state index contributed by atoms with van der Waals surface area (Å²) in [6.07, 6.45) is 2.98. The van der Waals surface area contributed by atoms with Gasteiger partial charge in [0.05, 0.1) is 18.1 Å². The first kappa shape index (κ1) is 17.2. The number of carbonyl (C=O) groups is 1. The van der Waals surface area contributed by atoms with Gasteiger partial charge in [-0.15, -0.1) is 0 Å². The van der Waals surface area contributed by atoms with Crippen LogP contribution in [-0.2, 0) is 4.79 Å². The number of furan rings is 3. The van der Waals surface area contributed by atoms with Gasteiger partial charge in [-0.25, -0.2) is 0 Å². The van der Waals surface area contributed by atoms with Crippen molar-refractivity contribution in [2.45, 2.75) is 0 Å². The molecule has 7 heteroatoms. The van der Waals surface area contributed by atoms with E-state index in [0.29, 0.717) is 22.8 Å². The van der Waals surface area contributed by atoms with Crippen molar-refractivity contribution in [3.05, 3.63) is 72.7 Å². The minimum Gasteiger partial charge on any atom is -0.484 e. The summed E-state index contributed by atoms with van der Waals surface area (Å²) in [4.78, 5) is 12.3. The highest BCUT2D eigenvalue weighted by Gasteiger charge is 2.27. The van der Waals surface area contributed by atoms with Crippen molar-refractivity contribution in [2.24, 2.45) is 0 Å². The Morgan fingerprint density at radius 2 is 1.71 bits per heavy atom. The molecule has 0 radical (unpaired) electrons. The van der Waals surface area contributed by atoms with E-state index in [-0.39, 0.29) is 23.8 Å². The Morgan fingerprint density at radius 3 is 2.36 bits per heavy atom. The van der Waals surface area contributed by atoms with E-state index in [9.17, 15) is 10.1 Å². The zero-order valence-electron chi connectivity index (χ0n) is 14.5. The molecule has 0 saturated carbocycles. The van der Waals surface area contributed by atoms with Gasteiger partial charge in [0.15, 0.2) is 18.1 Å². The zero-order chi connectivity index (χ0) is 19.3. The molecule has 3 heterocycles. The number of rotatable bonds is 6. The van der Waals surface area contributed by atoms with Gasteiger partial charge in [-0.05, 0) is 36.4 Å². The number of nitrogens with zero attached hydrogens (tertiary/aromatic N) is 1. The van der Waals surface area contributed by atoms with Crippen molar-refractivity contribution in [2.75, 3.05) is 11.9 Å². The maximum atomic E-state index is 12.3. The molecule has 0 aliphatic rings. The number of ether oxygens (including phenoxy) is 1. The fourth-order valence-electron chi connectivity index (χ4n) is 2.69. The van der Waals surface area contributed by atoms with Crippen molar-refractivity contribution in [1.29, 1.82) is 5.26 Å². The van der Waals surface area contributed by atoms with Crippen LogP contribution in [0.5, 0.6) is 5.75 Å². The summed E-state index contributed by atoms with van der Waals surface area (Å²) in [5.41, 5.74) is 0.538. The Bertz CT molecular complexity index is 1100. The summed E-state index contributed by atoms with van der Waals surface area (Å²) in [6.45, 7) is -0.234. The first-order valence-corrected chi connectivity index (χ1v) is 8.38. The predicted octanol–water partition coefficient (Wildman–Crippen LogP) is 4.69. The highest BCUT2D eigenvalue weighted by atomic mass is 16.5. The van der Waals surface area contributed by atoms with Crippen LogP contribution in [0, 0.1) is 11.3 Å². The summed E-state index contributed by atoms with van der Waals surface area (Å²) in [6, 6.07) is 17.8. The molecule has 0 aliphatic heterocycles. The van der Waals surface area contributed by atoms with Crippen molar-refractivity contribution in [1.82, 2.24) is 0 Å². The molecule has 1 aromatic carbocycles. The number of hydrogen-bond donors (Lipinski definition) is 1. The SMILES string of the molecule is N#Cc1c(NC(=O)COc2ccccc2)oc(-c2ccco2)c1-c1ccco1. The first-order chi connectivity index (χ1) is 13.8. The summed E-state index contributed by atoms with van der Waals surface area (Å²) in [7, 11) is 0. The lowest BCUT2D eigenvalue weighted by atomic mass is 10.1. The van der Waals surface area contributed by atoms with E-state index in [1.165, 1.54) is 12.5 Å². The fourth-order valence-corrected chi connectivity index (χ4v) is 2.69. The lowest BCUT2D eigenvalue weighted by molar-refractivity contribution is -0.118. The zero-order valence-corrected chi connectivity index (χ0v) is 14.5. The number of nitriles is 1. The van der Waals surface area contributed by atoms with Crippen molar-refractivity contribution < 1.29 is 22.8 Å². The van der Waals surface area contributed by atoms with E-state index >= 15 is 0 Å². The molecular weight excluding hydrogens is 360 g/mol. The number of para-hydroxylation sites is 1. The number of benzene rings is 1. The van der Waals surface area contributed by atoms with Gasteiger partial charge in [0.1, 0.15) is 23.1 Å². The molecule has 1 N–H and O–H groups in total. The Morgan fingerprint density at radius 1 is 1.00 bits per heavy atom. The van der Waals surface area contributed by atoms with E-state index in [1.54, 1.807) is 48.5 Å². The Balaban J connectivity index is 1.63. The molecule has 7 nitrogen and oxygen atoms in total. The minimum atomic E-state index is -0.467. The van der Waals surface area contributed by atoms with Gasteiger partial charge >= 0.3 is 0 Å². The maximum Gasteiger partial charge on any atom is 0.264 e. The molecule has 0 saturated heterocycles. The lowest BCUT2D eigenvalue weighted by Crippen LogP contribution is -2.20. The number of hydrogen-bond acceptors (Lipinski definition) is 6. The third-order valence-electron chi connectivity index (χ3n) is 3.90. The molecule has 0 fully saturated rings. The second-order valence-corrected chi connectivity index (χ2v) is 5.73. The summed E-state index contributed by atoms with van der Waals surface area (Å²) in [5.74, 6) is 1.21. The largest absolute Gasteiger partial charge is 0.484 e. The summed E-state index contributed by atoms with van der Waals surface area (Å²) in [5, 5.41) is 12.2. The van der Waals surface area contributed by atoms with Crippen LogP contribution in [0.2, 0.25) is 0 Å². The second-order valence-electron chi connectivity index (χ2n) is 5.73. The van der Waals surface area contributed by atoms with E-state index in [2.05, 4.69) is 11.4 Å². The minimum absolute atomic E-state index is 0.00182. The van der Waals surface area contributed by atoms with Crippen LogP contribution in [-0.4, -0.2) is 12.5 Å². The number of carbonyl (C=O) groups excluding carboxylic acids is 1. The third-order valence-corrected chi connectivity index (χ3v) is 3.90. The first-order valence-electron chi connectivity index (χ1n) is 8.38. The van der Waals surface area contributed by atoms with Crippen LogP contribution < -0.4 is 10.1 Å². The van der Waals surface area contributed by atoms with Gasteiger partial charge in [-0.1, -0.05) is 18.2 Å². The van der Waals surface area contributed by atoms with Gasteiger partial charge in [-0.2, -0.15) is 5.26 Å². The lowest BCUT2D eigenvalue weighted by Gasteiger charge is -2.05. The second kappa shape index (κ2) is 7.60. The highest BCUT2D eigenvalue weighted by molar-refractivity contribution is 5.95. The van der Waals surface area contributed by atoms with Crippen LogP contribution in [0.15, 0.2) is 80.4 Å². The Hall–Kier alpha value is -4.18. The normalized spacial score (nSPS) is 10.4. The molecule has 4 rings (SSSR count). The molecule has 3 aromatic heterocycles. The van der Waals surface area contributed by atoms with Crippen molar-refractivity contribution >= 4 is 11.8 Å². The van der Waals surface area contributed by atoms with Gasteiger partial charge < -0.3 is 18.0 Å². The number of amides is 1. The molecule has 28 heavy (non-hydrogen) atoms. The van der Waals surface area contributed by atoms with Crippen LogP contribution in [0.3, 0.4) is 0 Å². The average molecular weight is 374 g/mol. The fraction of sp³-hybridized carbons (Fsp3) is 0.0476. The molecule has 0 bridgehead atoms. The quantitative estimate of drug-likeness (QED) is 0.525. The van der Waals surface area contributed by atoms with E-state index < -0.39 is 5.91 Å². The smallest absolute Gasteiger partial charge is 0.264 e. The summed E-state index contributed by atoms with van der Waals surface area (Å²) < 4.78 is 22.0. The van der Waals surface area contributed by atoms with Crippen LogP contribution in [0.1, 0.15) is 5.56 Å². The van der Waals surface area contributed by atoms with Crippen molar-refractivity contribution in [3.63, 3.8) is 0 Å². The van der Waals surface area contributed by atoms with Crippen molar-refractivity contribution in [3.8, 4) is 34.7 Å². The molecule has 0 spiro atoms. The molecule has 1 amide bonds. The van der Waals surface area contributed by atoms with Gasteiger partial charge in [0.25, 0.3) is 5.91 Å². The summed E-state index contributed by atoms with van der Waals surface area (Å²) >= 11 is 0. The molecule has 138 valence electrons. The standard InChI is InChI=1S/C21H14N2O5/c22-12-15-19(16-8-4-10-25-16)20(17-9-5-11-26-17)28-21(15)23-18(24)13-27-14-6-2-1-3-7-14/h1-11H,13H2,(H,23,24). The monoisotopic (exact) mass is 374 g/mol. The molecular formula is C21H14N2O5. The Labute approximate surface area is 159 Å². The number of nitrogens with one attached hydrogen (secondary N) is 1. The third kappa shape index (κ3) is 3.39. The molecule has 0 atom stereocenters. The highest BCUT2D eigenvalue weighted by Crippen LogP contribution is 2.41. The van der Waals surface area contributed by atoms with Gasteiger partial charge in [0.2, 0.25) is 5.88 Å². The van der Waals surface area contributed by atoms with Crippen LogP contribution >= 0.6 is 0 Å².